The molecule has 0 aliphatic rings. The summed E-state index contributed by atoms with van der Waals surface area (Å²) in [6.45, 7) is 10.5. The summed E-state index contributed by atoms with van der Waals surface area (Å²) in [4.78, 5) is 28.1. The average molecular weight is 529 g/mol. The van der Waals surface area contributed by atoms with Crippen LogP contribution in [0.4, 0.5) is 4.39 Å². The van der Waals surface area contributed by atoms with Crippen LogP contribution in [0.5, 0.6) is 5.75 Å². The molecule has 1 aromatic heterocycles. The van der Waals surface area contributed by atoms with Gasteiger partial charge in [-0.15, -0.1) is 0 Å². The lowest BCUT2D eigenvalue weighted by molar-refractivity contribution is -0.122. The number of aryl methyl sites for hydroxylation is 2. The van der Waals surface area contributed by atoms with Crippen molar-refractivity contribution < 1.29 is 26.2 Å². The van der Waals surface area contributed by atoms with E-state index in [2.05, 4.69) is 28.8 Å². The van der Waals surface area contributed by atoms with Crippen molar-refractivity contribution in [2.24, 2.45) is 0 Å². The molecule has 0 aliphatic carbocycles. The second-order valence-electron chi connectivity index (χ2n) is 6.36. The van der Waals surface area contributed by atoms with E-state index in [-0.39, 0.29) is 30.2 Å². The molecular weight excluding hydrogens is 508 g/mol. The van der Waals surface area contributed by atoms with Gasteiger partial charge in [0.15, 0.2) is 18.2 Å². The molecule has 1 unspecified atom stereocenters. The van der Waals surface area contributed by atoms with E-state index in [1.807, 2.05) is 0 Å². The number of benzene rings is 1. The van der Waals surface area contributed by atoms with Crippen LogP contribution in [0.1, 0.15) is 28.4 Å². The van der Waals surface area contributed by atoms with Gasteiger partial charge in [0.25, 0.3) is 11.8 Å². The smallest absolute Gasteiger partial charge is 0.277 e. The summed E-state index contributed by atoms with van der Waals surface area (Å²) in [5, 5.41) is 5.14. The zero-order valence-corrected chi connectivity index (χ0v) is 18.6. The van der Waals surface area contributed by atoms with Crippen LogP contribution in [0.3, 0.4) is 0 Å². The van der Waals surface area contributed by atoms with Gasteiger partial charge >= 0.3 is 0 Å². The van der Waals surface area contributed by atoms with Crippen molar-refractivity contribution in [3.63, 3.8) is 0 Å². The average Bonchev–Trinajstić information content (AvgIpc) is 3.13. The zero-order valence-electron chi connectivity index (χ0n) is 16.5. The molecule has 30 heavy (non-hydrogen) atoms. The molecule has 10 heteroatoms. The molecule has 1 aromatic carbocycles. The fourth-order valence-electron chi connectivity index (χ4n) is 2.28. The lowest BCUT2D eigenvalue weighted by Gasteiger charge is -2.19. The van der Waals surface area contributed by atoms with Crippen molar-refractivity contribution in [3.05, 3.63) is 72.0 Å². The van der Waals surface area contributed by atoms with E-state index in [1.165, 1.54) is 12.3 Å². The van der Waals surface area contributed by atoms with Crippen LogP contribution in [0.15, 0.2) is 53.4 Å². The van der Waals surface area contributed by atoms with Crippen molar-refractivity contribution in [3.8, 4) is 5.75 Å². The van der Waals surface area contributed by atoms with Crippen LogP contribution >= 0.6 is 23.0 Å². The van der Waals surface area contributed by atoms with Crippen LogP contribution < -0.4 is 15.4 Å². The third-order valence-corrected chi connectivity index (χ3v) is 4.50. The number of aromatic nitrogens is 1. The molecule has 2 N–H and O–H groups in total. The summed E-state index contributed by atoms with van der Waals surface area (Å²) >= 11 is 1.66. The predicted molar refractivity (Wildman–Crippen MR) is 115 cm³/mol. The summed E-state index contributed by atoms with van der Waals surface area (Å²) in [5.41, 5.74) is 1.19. The SMILES string of the molecule is C=C(CC(OI)C(=C)NC(=O)COc1ccc(C)c(F)c1)NC(=O)c1coc(C)n1. The fraction of sp³-hybridized carbons (Fsp3) is 0.250. The predicted octanol–water partition coefficient (Wildman–Crippen LogP) is 3.51. The van der Waals surface area contributed by atoms with E-state index in [1.54, 1.807) is 49.0 Å². The number of nitrogens with zero attached hydrogens (tertiary/aromatic N) is 1. The minimum Gasteiger partial charge on any atom is -0.484 e. The molecule has 0 saturated heterocycles. The third kappa shape index (κ3) is 6.95. The number of oxazole rings is 1. The van der Waals surface area contributed by atoms with Crippen molar-refractivity contribution in [1.29, 1.82) is 0 Å². The molecule has 1 heterocycles. The molecule has 0 spiro atoms. The highest BCUT2D eigenvalue weighted by Crippen LogP contribution is 2.17. The molecule has 0 bridgehead atoms. The summed E-state index contributed by atoms with van der Waals surface area (Å²) in [6.07, 6.45) is 0.746. The number of carbonyl (C=O) groups excluding carboxylic acids is 2. The van der Waals surface area contributed by atoms with Crippen LogP contribution in [0.2, 0.25) is 0 Å². The highest BCUT2D eigenvalue weighted by Gasteiger charge is 2.19. The van der Waals surface area contributed by atoms with Crippen LogP contribution in [-0.2, 0) is 7.86 Å². The first-order valence-electron chi connectivity index (χ1n) is 8.75. The van der Waals surface area contributed by atoms with Gasteiger partial charge in [-0.3, -0.25) is 9.59 Å². The normalized spacial score (nSPS) is 11.5. The number of hydrogen-bond acceptors (Lipinski definition) is 6. The summed E-state index contributed by atoms with van der Waals surface area (Å²) in [5.74, 6) is -0.785. The minimum atomic E-state index is -0.654. The number of amides is 2. The Labute approximate surface area is 187 Å². The Morgan fingerprint density at radius 2 is 2.03 bits per heavy atom. The largest absolute Gasteiger partial charge is 0.484 e. The molecule has 0 aliphatic heterocycles. The third-order valence-electron chi connectivity index (χ3n) is 3.88. The molecule has 1 atom stereocenters. The molecule has 2 amide bonds. The highest BCUT2D eigenvalue weighted by molar-refractivity contribution is 14.1. The Kier molecular flexibility index (Phi) is 8.54. The molecule has 2 aromatic rings. The molecule has 160 valence electrons. The Balaban J connectivity index is 1.82. The number of carbonyl (C=O) groups is 2. The summed E-state index contributed by atoms with van der Waals surface area (Å²) in [7, 11) is 0. The number of nitrogens with one attached hydrogen (secondary N) is 2. The first-order valence-corrected chi connectivity index (χ1v) is 9.64. The standard InChI is InChI=1S/C20H21FIN3O5/c1-11-5-6-15(8-16(11)21)29-10-19(26)24-13(3)18(30-22)7-12(2)23-20(27)17-9-28-14(4)25-17/h5-6,8-9,18H,2-3,7,10H2,1,4H3,(H,23,27)(H,24,26). The van der Waals surface area contributed by atoms with Gasteiger partial charge in [0.05, 0.1) is 0 Å². The van der Waals surface area contributed by atoms with Crippen LogP contribution in [0.25, 0.3) is 0 Å². The van der Waals surface area contributed by atoms with Crippen molar-refractivity contribution >= 4 is 34.8 Å². The van der Waals surface area contributed by atoms with Crippen LogP contribution in [-0.4, -0.2) is 29.5 Å². The van der Waals surface area contributed by atoms with Crippen molar-refractivity contribution in [2.45, 2.75) is 26.4 Å². The first kappa shape index (κ1) is 23.5. The Bertz CT molecular complexity index is 960. The van der Waals surface area contributed by atoms with Gasteiger partial charge in [-0.05, 0) is 18.6 Å². The Morgan fingerprint density at radius 1 is 1.30 bits per heavy atom. The fourth-order valence-corrected chi connectivity index (χ4v) is 2.77. The molecule has 0 radical (unpaired) electrons. The zero-order chi connectivity index (χ0) is 22.3. The molecule has 8 nitrogen and oxygen atoms in total. The van der Waals surface area contributed by atoms with Crippen molar-refractivity contribution in [2.75, 3.05) is 6.61 Å². The first-order chi connectivity index (χ1) is 14.2. The Morgan fingerprint density at radius 3 is 2.63 bits per heavy atom. The monoisotopic (exact) mass is 529 g/mol. The molecule has 0 fully saturated rings. The van der Waals surface area contributed by atoms with Gasteiger partial charge < -0.3 is 22.9 Å². The highest BCUT2D eigenvalue weighted by atomic mass is 127. The maximum Gasteiger partial charge on any atom is 0.277 e. The Hall–Kier alpha value is -2.73. The van der Waals surface area contributed by atoms with E-state index >= 15 is 0 Å². The number of ether oxygens (including phenoxy) is 1. The van der Waals surface area contributed by atoms with Gasteiger partial charge in [0.2, 0.25) is 0 Å². The van der Waals surface area contributed by atoms with Crippen LogP contribution in [0, 0.1) is 19.7 Å². The number of hydrogen-bond donors (Lipinski definition) is 2. The molecule has 0 saturated carbocycles. The maximum atomic E-state index is 13.5. The van der Waals surface area contributed by atoms with Gasteiger partial charge in [0, 0.05) is 30.8 Å². The van der Waals surface area contributed by atoms with E-state index in [9.17, 15) is 14.0 Å². The lowest BCUT2D eigenvalue weighted by Crippen LogP contribution is -2.34. The van der Waals surface area contributed by atoms with Gasteiger partial charge in [-0.25, -0.2) is 9.37 Å². The van der Waals surface area contributed by atoms with Gasteiger partial charge in [0.1, 0.15) is 46.9 Å². The van der Waals surface area contributed by atoms with E-state index in [4.69, 9.17) is 12.2 Å². The van der Waals surface area contributed by atoms with Gasteiger partial charge in [-0.1, -0.05) is 19.2 Å². The van der Waals surface area contributed by atoms with E-state index < -0.39 is 23.7 Å². The summed E-state index contributed by atoms with van der Waals surface area (Å²) in [6, 6.07) is 4.33. The van der Waals surface area contributed by atoms with Gasteiger partial charge in [-0.2, -0.15) is 0 Å². The molecule has 2 rings (SSSR count). The number of halogens is 2. The number of rotatable bonds is 10. The lowest BCUT2D eigenvalue weighted by atomic mass is 10.1. The topological polar surface area (TPSA) is 103 Å². The van der Waals surface area contributed by atoms with Crippen molar-refractivity contribution in [1.82, 2.24) is 15.6 Å². The maximum absolute atomic E-state index is 13.5. The second-order valence-corrected chi connectivity index (χ2v) is 6.87. The molecular formula is C20H21FIN3O5. The minimum absolute atomic E-state index is 0.123. The van der Waals surface area contributed by atoms with E-state index in [0.717, 1.165) is 0 Å². The van der Waals surface area contributed by atoms with E-state index in [0.29, 0.717) is 17.2 Å². The quantitative estimate of drug-likeness (QED) is 0.457. The second kappa shape index (κ2) is 10.9. The summed E-state index contributed by atoms with van der Waals surface area (Å²) < 4.78 is 29.1.